The molecule has 2 atom stereocenters. The second-order valence-electron chi connectivity index (χ2n) is 9.59. The van der Waals surface area contributed by atoms with E-state index in [9.17, 15) is 14.7 Å². The number of likely N-dealkylation sites (tertiary alicyclic amines) is 1. The zero-order valence-electron chi connectivity index (χ0n) is 20.5. The molecule has 0 aliphatic carbocycles. The summed E-state index contributed by atoms with van der Waals surface area (Å²) in [6.07, 6.45) is 1.54. The zero-order chi connectivity index (χ0) is 24.6. The number of Topliss-reactive ketones (excluding diaryl/α,β-unsaturated/α-hetero) is 1. The number of carbonyl (C=O) groups excluding carboxylic acids is 2. The Bertz CT molecular complexity index is 1120. The minimum atomic E-state index is -0.644. The van der Waals surface area contributed by atoms with Gasteiger partial charge in [-0.1, -0.05) is 12.1 Å². The number of ether oxygens (including phenoxy) is 1. The number of aliphatic hydroxyl groups excluding tert-OH is 1. The standard InChI is InChI=1S/C27H33N3O4/c1-17-15-20-16-19(9-12-22(20)34-17)25(31)23-24(18-7-10-21(11-8-18)29(4)5)30(27(33)26(23)32)14-6-13-28(2)3/h7-12,16-17,24,31H,6,13-15H2,1-5H3/b25-23+. The van der Waals surface area contributed by atoms with Gasteiger partial charge in [0.15, 0.2) is 0 Å². The maximum Gasteiger partial charge on any atom is 0.295 e. The number of aliphatic hydroxyl groups is 1. The molecule has 4 rings (SSSR count). The van der Waals surface area contributed by atoms with Gasteiger partial charge in [-0.25, -0.2) is 0 Å². The molecule has 2 aliphatic rings. The summed E-state index contributed by atoms with van der Waals surface area (Å²) in [6, 6.07) is 12.6. The Hall–Kier alpha value is -3.32. The largest absolute Gasteiger partial charge is 0.507 e. The third-order valence-electron chi connectivity index (χ3n) is 6.44. The number of fused-ring (bicyclic) bond motifs is 1. The molecule has 1 N–H and O–H groups in total. The van der Waals surface area contributed by atoms with Crippen molar-refractivity contribution in [1.82, 2.24) is 9.80 Å². The third-order valence-corrected chi connectivity index (χ3v) is 6.44. The number of amides is 1. The first-order chi connectivity index (χ1) is 16.2. The first-order valence-electron chi connectivity index (χ1n) is 11.7. The van der Waals surface area contributed by atoms with E-state index in [-0.39, 0.29) is 17.4 Å². The van der Waals surface area contributed by atoms with Crippen molar-refractivity contribution < 1.29 is 19.4 Å². The zero-order valence-corrected chi connectivity index (χ0v) is 20.5. The van der Waals surface area contributed by atoms with Crippen LogP contribution in [0.15, 0.2) is 48.0 Å². The van der Waals surface area contributed by atoms with Crippen molar-refractivity contribution in [3.63, 3.8) is 0 Å². The predicted molar refractivity (Wildman–Crippen MR) is 133 cm³/mol. The molecule has 1 amide bonds. The van der Waals surface area contributed by atoms with Crippen LogP contribution in [-0.2, 0) is 16.0 Å². The van der Waals surface area contributed by atoms with Gasteiger partial charge >= 0.3 is 0 Å². The highest BCUT2D eigenvalue weighted by Gasteiger charge is 2.45. The maximum absolute atomic E-state index is 13.2. The number of hydrogen-bond donors (Lipinski definition) is 1. The Morgan fingerprint density at radius 1 is 1.09 bits per heavy atom. The molecule has 180 valence electrons. The van der Waals surface area contributed by atoms with Crippen LogP contribution < -0.4 is 9.64 Å². The highest BCUT2D eigenvalue weighted by molar-refractivity contribution is 6.46. The summed E-state index contributed by atoms with van der Waals surface area (Å²) in [5, 5.41) is 11.3. The Labute approximate surface area is 201 Å². The van der Waals surface area contributed by atoms with Crippen LogP contribution in [0.4, 0.5) is 5.69 Å². The van der Waals surface area contributed by atoms with Crippen molar-refractivity contribution in [1.29, 1.82) is 0 Å². The molecule has 2 heterocycles. The van der Waals surface area contributed by atoms with E-state index in [1.54, 1.807) is 11.0 Å². The van der Waals surface area contributed by atoms with E-state index in [4.69, 9.17) is 4.74 Å². The van der Waals surface area contributed by atoms with Gasteiger partial charge in [-0.2, -0.15) is 0 Å². The van der Waals surface area contributed by atoms with Crippen LogP contribution >= 0.6 is 0 Å². The normalized spacial score (nSPS) is 21.2. The SMILES string of the molecule is CC1Cc2cc(/C(O)=C3\C(=O)C(=O)N(CCCN(C)C)C3c3ccc(N(C)C)cc3)ccc2O1. The molecule has 0 saturated carbocycles. The molecule has 7 nitrogen and oxygen atoms in total. The summed E-state index contributed by atoms with van der Waals surface area (Å²) >= 11 is 0. The first kappa shape index (κ1) is 23.8. The number of rotatable bonds is 7. The fourth-order valence-electron chi connectivity index (χ4n) is 4.69. The van der Waals surface area contributed by atoms with Crippen molar-refractivity contribution in [2.24, 2.45) is 0 Å². The monoisotopic (exact) mass is 463 g/mol. The van der Waals surface area contributed by atoms with Crippen LogP contribution in [0.5, 0.6) is 5.75 Å². The maximum atomic E-state index is 13.2. The van der Waals surface area contributed by atoms with Gasteiger partial charge in [-0.15, -0.1) is 0 Å². The molecule has 1 saturated heterocycles. The van der Waals surface area contributed by atoms with E-state index >= 15 is 0 Å². The minimum Gasteiger partial charge on any atom is -0.507 e. The molecule has 0 radical (unpaired) electrons. The van der Waals surface area contributed by atoms with Crippen molar-refractivity contribution in [3.05, 3.63) is 64.7 Å². The van der Waals surface area contributed by atoms with Crippen LogP contribution in [-0.4, -0.2) is 74.0 Å². The lowest BCUT2D eigenvalue weighted by molar-refractivity contribution is -0.139. The average Bonchev–Trinajstić information content (AvgIpc) is 3.29. The van der Waals surface area contributed by atoms with Crippen LogP contribution in [0.1, 0.15) is 36.1 Å². The number of carbonyl (C=O) groups is 2. The van der Waals surface area contributed by atoms with Crippen LogP contribution in [0, 0.1) is 0 Å². The quantitative estimate of drug-likeness (QED) is 0.385. The van der Waals surface area contributed by atoms with Crippen molar-refractivity contribution in [2.75, 3.05) is 46.2 Å². The summed E-state index contributed by atoms with van der Waals surface area (Å²) in [7, 11) is 7.87. The lowest BCUT2D eigenvalue weighted by Gasteiger charge is -2.26. The Kier molecular flexibility index (Phi) is 6.66. The molecule has 1 fully saturated rings. The number of ketones is 1. The Balaban J connectivity index is 1.77. The van der Waals surface area contributed by atoms with Gasteiger partial charge in [-0.05, 0) is 75.4 Å². The van der Waals surface area contributed by atoms with Gasteiger partial charge in [0.05, 0.1) is 11.6 Å². The van der Waals surface area contributed by atoms with E-state index in [2.05, 4.69) is 0 Å². The second kappa shape index (κ2) is 9.50. The minimum absolute atomic E-state index is 0.0740. The fraction of sp³-hybridized carbons (Fsp3) is 0.407. The molecule has 2 aliphatic heterocycles. The Morgan fingerprint density at radius 2 is 1.79 bits per heavy atom. The van der Waals surface area contributed by atoms with E-state index in [0.717, 1.165) is 42.0 Å². The fourth-order valence-corrected chi connectivity index (χ4v) is 4.69. The Morgan fingerprint density at radius 3 is 2.44 bits per heavy atom. The summed E-state index contributed by atoms with van der Waals surface area (Å²) in [5.41, 5.74) is 3.47. The average molecular weight is 464 g/mol. The number of benzene rings is 2. The summed E-state index contributed by atoms with van der Waals surface area (Å²) < 4.78 is 5.77. The molecule has 7 heteroatoms. The van der Waals surface area contributed by atoms with E-state index in [0.29, 0.717) is 12.1 Å². The second-order valence-corrected chi connectivity index (χ2v) is 9.59. The molecule has 2 aromatic rings. The molecule has 0 bridgehead atoms. The van der Waals surface area contributed by atoms with Crippen LogP contribution in [0.3, 0.4) is 0 Å². The molecule has 0 aromatic heterocycles. The number of anilines is 1. The van der Waals surface area contributed by atoms with E-state index in [1.165, 1.54) is 0 Å². The van der Waals surface area contributed by atoms with Gasteiger partial charge < -0.3 is 24.5 Å². The van der Waals surface area contributed by atoms with Gasteiger partial charge in [-0.3, -0.25) is 9.59 Å². The predicted octanol–water partition coefficient (Wildman–Crippen LogP) is 3.45. The number of hydrogen-bond acceptors (Lipinski definition) is 6. The third kappa shape index (κ3) is 4.53. The van der Waals surface area contributed by atoms with Crippen molar-refractivity contribution in [3.8, 4) is 5.75 Å². The van der Waals surface area contributed by atoms with Crippen molar-refractivity contribution in [2.45, 2.75) is 31.9 Å². The van der Waals surface area contributed by atoms with E-state index in [1.807, 2.05) is 81.3 Å². The summed E-state index contributed by atoms with van der Waals surface area (Å²) in [5.74, 6) is -0.559. The van der Waals surface area contributed by atoms with Gasteiger partial charge in [0.1, 0.15) is 17.6 Å². The summed E-state index contributed by atoms with van der Waals surface area (Å²) in [4.78, 5) is 32.0. The van der Waals surface area contributed by atoms with Gasteiger partial charge in [0, 0.05) is 38.3 Å². The highest BCUT2D eigenvalue weighted by atomic mass is 16.5. The van der Waals surface area contributed by atoms with Gasteiger partial charge in [0.25, 0.3) is 11.7 Å². The van der Waals surface area contributed by atoms with E-state index < -0.39 is 17.7 Å². The smallest absolute Gasteiger partial charge is 0.295 e. The lowest BCUT2D eigenvalue weighted by atomic mass is 9.94. The molecule has 2 unspecified atom stereocenters. The lowest BCUT2D eigenvalue weighted by Crippen LogP contribution is -2.32. The van der Waals surface area contributed by atoms with Crippen LogP contribution in [0.25, 0.3) is 5.76 Å². The highest BCUT2D eigenvalue weighted by Crippen LogP contribution is 2.41. The van der Waals surface area contributed by atoms with Gasteiger partial charge in [0.2, 0.25) is 0 Å². The molecular formula is C27H33N3O4. The molecular weight excluding hydrogens is 430 g/mol. The van der Waals surface area contributed by atoms with Crippen LogP contribution in [0.2, 0.25) is 0 Å². The molecule has 2 aromatic carbocycles. The first-order valence-corrected chi connectivity index (χ1v) is 11.7. The topological polar surface area (TPSA) is 73.3 Å². The summed E-state index contributed by atoms with van der Waals surface area (Å²) in [6.45, 7) is 3.21. The number of nitrogens with zero attached hydrogens (tertiary/aromatic N) is 3. The molecule has 34 heavy (non-hydrogen) atoms. The van der Waals surface area contributed by atoms with Crippen molar-refractivity contribution >= 4 is 23.1 Å². The molecule has 0 spiro atoms.